The summed E-state index contributed by atoms with van der Waals surface area (Å²) in [5, 5.41) is 10.2. The number of aliphatic imine (C=N–C) groups is 1. The second-order valence-electron chi connectivity index (χ2n) is 5.40. The van der Waals surface area contributed by atoms with Crippen LogP contribution in [-0.2, 0) is 0 Å². The number of para-hydroxylation sites is 2. The number of allylic oxidation sites excluding steroid dienone is 1. The second kappa shape index (κ2) is 5.70. The molecule has 5 nitrogen and oxygen atoms in total. The zero-order chi connectivity index (χ0) is 16.5. The van der Waals surface area contributed by atoms with Crippen molar-refractivity contribution >= 4 is 23.6 Å². The molecule has 0 amide bonds. The van der Waals surface area contributed by atoms with Gasteiger partial charge in [0.05, 0.1) is 18.4 Å². The van der Waals surface area contributed by atoms with Crippen LogP contribution in [0.4, 0.5) is 5.69 Å². The summed E-state index contributed by atoms with van der Waals surface area (Å²) in [6, 6.07) is 15.4. The number of ether oxygens (including phenoxy) is 1. The minimum atomic E-state index is -0.0545. The smallest absolute Gasteiger partial charge is 0.237 e. The van der Waals surface area contributed by atoms with Gasteiger partial charge in [0.1, 0.15) is 17.3 Å². The van der Waals surface area contributed by atoms with Crippen LogP contribution in [-0.4, -0.2) is 28.4 Å². The Bertz CT molecular complexity index is 970. The molecule has 5 heteroatoms. The Labute approximate surface area is 139 Å². The highest BCUT2D eigenvalue weighted by Crippen LogP contribution is 2.34. The van der Waals surface area contributed by atoms with Gasteiger partial charge in [0.2, 0.25) is 5.88 Å². The monoisotopic (exact) mass is 317 g/mol. The van der Waals surface area contributed by atoms with Crippen LogP contribution in [0.1, 0.15) is 11.3 Å². The maximum absolute atomic E-state index is 10.2. The molecule has 1 aliphatic rings. The SMILES string of the molecule is COc1ccccc1-c1nc(O)c(/C=C2\C=Nc3ccccc32)[nH]1. The number of aromatic amines is 1. The van der Waals surface area contributed by atoms with E-state index in [0.29, 0.717) is 17.3 Å². The van der Waals surface area contributed by atoms with Crippen LogP contribution in [0.15, 0.2) is 53.5 Å². The van der Waals surface area contributed by atoms with Gasteiger partial charge in [-0.05, 0) is 24.3 Å². The number of imidazole rings is 1. The maximum atomic E-state index is 10.2. The Morgan fingerprint density at radius 3 is 2.62 bits per heavy atom. The van der Waals surface area contributed by atoms with Crippen molar-refractivity contribution < 1.29 is 9.84 Å². The molecule has 0 saturated carbocycles. The van der Waals surface area contributed by atoms with E-state index < -0.39 is 0 Å². The van der Waals surface area contributed by atoms with Crippen LogP contribution in [0.25, 0.3) is 23.0 Å². The van der Waals surface area contributed by atoms with Gasteiger partial charge in [0.25, 0.3) is 0 Å². The normalized spacial score (nSPS) is 14.1. The van der Waals surface area contributed by atoms with Crippen LogP contribution in [0.2, 0.25) is 0 Å². The third-order valence-corrected chi connectivity index (χ3v) is 3.93. The molecular weight excluding hydrogens is 302 g/mol. The number of aromatic hydroxyl groups is 1. The summed E-state index contributed by atoms with van der Waals surface area (Å²) >= 11 is 0. The third-order valence-electron chi connectivity index (χ3n) is 3.93. The van der Waals surface area contributed by atoms with Crippen LogP contribution in [0.5, 0.6) is 11.6 Å². The maximum Gasteiger partial charge on any atom is 0.237 e. The number of H-pyrrole nitrogens is 1. The van der Waals surface area contributed by atoms with Crippen LogP contribution in [0.3, 0.4) is 0 Å². The molecule has 24 heavy (non-hydrogen) atoms. The van der Waals surface area contributed by atoms with Gasteiger partial charge < -0.3 is 14.8 Å². The van der Waals surface area contributed by atoms with Crippen molar-refractivity contribution in [3.05, 3.63) is 59.8 Å². The Morgan fingerprint density at radius 2 is 1.79 bits per heavy atom. The Morgan fingerprint density at radius 1 is 1.04 bits per heavy atom. The summed E-state index contributed by atoms with van der Waals surface area (Å²) in [6.07, 6.45) is 3.63. The van der Waals surface area contributed by atoms with E-state index in [1.165, 1.54) is 0 Å². The summed E-state index contributed by atoms with van der Waals surface area (Å²) in [4.78, 5) is 11.7. The molecule has 118 valence electrons. The van der Waals surface area contributed by atoms with Crippen molar-refractivity contribution in [2.45, 2.75) is 0 Å². The van der Waals surface area contributed by atoms with Gasteiger partial charge in [-0.1, -0.05) is 30.3 Å². The first-order valence-corrected chi connectivity index (χ1v) is 7.54. The highest BCUT2D eigenvalue weighted by molar-refractivity contribution is 6.21. The Balaban J connectivity index is 1.76. The molecule has 0 bridgehead atoms. The van der Waals surface area contributed by atoms with Gasteiger partial charge in [-0.2, -0.15) is 4.98 Å². The predicted octanol–water partition coefficient (Wildman–Crippen LogP) is 4.05. The molecule has 0 unspecified atom stereocenters. The highest BCUT2D eigenvalue weighted by Gasteiger charge is 2.16. The van der Waals surface area contributed by atoms with E-state index in [0.717, 1.165) is 22.4 Å². The number of fused-ring (bicyclic) bond motifs is 1. The molecule has 0 spiro atoms. The van der Waals surface area contributed by atoms with Crippen molar-refractivity contribution in [1.29, 1.82) is 0 Å². The zero-order valence-corrected chi connectivity index (χ0v) is 13.0. The Hall–Kier alpha value is -3.34. The molecule has 0 saturated heterocycles. The van der Waals surface area contributed by atoms with Crippen molar-refractivity contribution in [2.75, 3.05) is 7.11 Å². The number of hydrogen-bond donors (Lipinski definition) is 2. The Kier molecular flexibility index (Phi) is 3.39. The first kappa shape index (κ1) is 14.3. The lowest BCUT2D eigenvalue weighted by Gasteiger charge is -2.04. The minimum absolute atomic E-state index is 0.0545. The summed E-state index contributed by atoms with van der Waals surface area (Å²) < 4.78 is 5.35. The fourth-order valence-corrected chi connectivity index (χ4v) is 2.76. The number of benzene rings is 2. The standard InChI is InChI=1S/C19H15N3O2/c1-24-17-9-5-3-7-14(17)18-21-16(19(23)22-18)10-12-11-20-15-8-4-2-6-13(12)15/h2-11,23H,1H3,(H,21,22)/b12-10+. The first-order valence-electron chi connectivity index (χ1n) is 7.54. The quantitative estimate of drug-likeness (QED) is 0.765. The van der Waals surface area contributed by atoms with E-state index in [2.05, 4.69) is 15.0 Å². The lowest BCUT2D eigenvalue weighted by molar-refractivity contribution is 0.416. The summed E-state index contributed by atoms with van der Waals surface area (Å²) in [5.74, 6) is 1.19. The van der Waals surface area contributed by atoms with E-state index in [4.69, 9.17) is 4.74 Å². The van der Waals surface area contributed by atoms with E-state index in [-0.39, 0.29) is 5.88 Å². The molecule has 1 aromatic heterocycles. The second-order valence-corrected chi connectivity index (χ2v) is 5.40. The molecule has 2 heterocycles. The van der Waals surface area contributed by atoms with Crippen LogP contribution < -0.4 is 4.74 Å². The van der Waals surface area contributed by atoms with Gasteiger partial charge in [-0.25, -0.2) is 0 Å². The largest absolute Gasteiger partial charge is 0.496 e. The van der Waals surface area contributed by atoms with Crippen molar-refractivity contribution in [2.24, 2.45) is 4.99 Å². The number of nitrogens with zero attached hydrogens (tertiary/aromatic N) is 2. The summed E-state index contributed by atoms with van der Waals surface area (Å²) in [7, 11) is 1.61. The molecule has 0 aliphatic carbocycles. The molecular formula is C19H15N3O2. The molecule has 2 N–H and O–H groups in total. The molecule has 0 fully saturated rings. The molecule has 4 rings (SSSR count). The average Bonchev–Trinajstić information content (AvgIpc) is 3.19. The number of aromatic nitrogens is 2. The molecule has 2 aromatic carbocycles. The number of nitrogens with one attached hydrogen (secondary N) is 1. The number of rotatable bonds is 3. The van der Waals surface area contributed by atoms with Gasteiger partial charge in [0.15, 0.2) is 0 Å². The lowest BCUT2D eigenvalue weighted by atomic mass is 10.1. The van der Waals surface area contributed by atoms with Crippen molar-refractivity contribution in [3.63, 3.8) is 0 Å². The van der Waals surface area contributed by atoms with Crippen LogP contribution >= 0.6 is 0 Å². The molecule has 1 aliphatic heterocycles. The third kappa shape index (κ3) is 2.36. The number of methoxy groups -OCH3 is 1. The average molecular weight is 317 g/mol. The van der Waals surface area contributed by atoms with E-state index in [1.807, 2.05) is 54.6 Å². The summed E-state index contributed by atoms with van der Waals surface area (Å²) in [6.45, 7) is 0. The first-order chi connectivity index (χ1) is 11.8. The lowest BCUT2D eigenvalue weighted by Crippen LogP contribution is -1.88. The van der Waals surface area contributed by atoms with Crippen molar-refractivity contribution in [3.8, 4) is 23.0 Å². The summed E-state index contributed by atoms with van der Waals surface area (Å²) in [5.41, 5.74) is 4.21. The highest BCUT2D eigenvalue weighted by atomic mass is 16.5. The minimum Gasteiger partial charge on any atom is -0.496 e. The van der Waals surface area contributed by atoms with Crippen LogP contribution in [0, 0.1) is 0 Å². The fraction of sp³-hybridized carbons (Fsp3) is 0.0526. The molecule has 0 atom stereocenters. The predicted molar refractivity (Wildman–Crippen MR) is 94.7 cm³/mol. The molecule has 3 aromatic rings. The number of hydrogen-bond acceptors (Lipinski definition) is 4. The topological polar surface area (TPSA) is 70.5 Å². The van der Waals surface area contributed by atoms with Gasteiger partial charge >= 0.3 is 0 Å². The van der Waals surface area contributed by atoms with Gasteiger partial charge in [-0.3, -0.25) is 4.99 Å². The van der Waals surface area contributed by atoms with Gasteiger partial charge in [0, 0.05) is 17.4 Å². The van der Waals surface area contributed by atoms with Gasteiger partial charge in [-0.15, -0.1) is 0 Å². The zero-order valence-electron chi connectivity index (χ0n) is 13.0. The fourth-order valence-electron chi connectivity index (χ4n) is 2.76. The van der Waals surface area contributed by atoms with E-state index >= 15 is 0 Å². The van der Waals surface area contributed by atoms with E-state index in [9.17, 15) is 5.11 Å². The van der Waals surface area contributed by atoms with Crippen molar-refractivity contribution in [1.82, 2.24) is 9.97 Å². The molecule has 0 radical (unpaired) electrons. The van der Waals surface area contributed by atoms with E-state index in [1.54, 1.807) is 13.3 Å².